The first kappa shape index (κ1) is 11.0. The molecule has 0 aliphatic heterocycles. The predicted molar refractivity (Wildman–Crippen MR) is 63.5 cm³/mol. The van der Waals surface area contributed by atoms with Crippen molar-refractivity contribution in [2.75, 3.05) is 5.32 Å². The molecule has 0 unspecified atom stereocenters. The second-order valence-corrected chi connectivity index (χ2v) is 4.14. The molecule has 0 aliphatic rings. The highest BCUT2D eigenvalue weighted by atomic mass is 79.9. The summed E-state index contributed by atoms with van der Waals surface area (Å²) >= 11 is 3.30. The van der Waals surface area contributed by atoms with Gasteiger partial charge in [-0.15, -0.1) is 0 Å². The molecule has 2 aromatic heterocycles. The third-order valence-electron chi connectivity index (χ3n) is 1.96. The number of hydrogen-bond acceptors (Lipinski definition) is 3. The van der Waals surface area contributed by atoms with E-state index in [0.717, 1.165) is 15.9 Å². The average Bonchev–Trinajstić information content (AvgIpc) is 2.28. The maximum atomic E-state index is 12.8. The molecule has 0 spiro atoms. The smallest absolute Gasteiger partial charge is 0.141 e. The normalized spacial score (nSPS) is 10.1. The largest absolute Gasteiger partial charge is 0.366 e. The summed E-state index contributed by atoms with van der Waals surface area (Å²) in [6.07, 6.45) is 4.50. The zero-order chi connectivity index (χ0) is 11.4. The Morgan fingerprint density at radius 1 is 1.25 bits per heavy atom. The summed E-state index contributed by atoms with van der Waals surface area (Å²) in [5.74, 6) is 0.413. The zero-order valence-electron chi connectivity index (χ0n) is 8.32. The minimum atomic E-state index is -0.330. The second kappa shape index (κ2) is 5.03. The first-order valence-corrected chi connectivity index (χ1v) is 5.48. The lowest BCUT2D eigenvalue weighted by molar-refractivity contribution is 0.619. The molecular weight excluding hydrogens is 273 g/mol. The van der Waals surface area contributed by atoms with Gasteiger partial charge in [-0.25, -0.2) is 9.37 Å². The Morgan fingerprint density at radius 2 is 2.12 bits per heavy atom. The van der Waals surface area contributed by atoms with Crippen LogP contribution >= 0.6 is 15.9 Å². The number of hydrogen-bond donors (Lipinski definition) is 1. The third kappa shape index (κ3) is 3.00. The Hall–Kier alpha value is -1.49. The number of aromatic nitrogens is 2. The van der Waals surface area contributed by atoms with Crippen molar-refractivity contribution >= 4 is 21.7 Å². The number of pyridine rings is 2. The maximum Gasteiger partial charge on any atom is 0.141 e. The van der Waals surface area contributed by atoms with Gasteiger partial charge in [0.15, 0.2) is 0 Å². The molecule has 0 aliphatic carbocycles. The average molecular weight is 282 g/mol. The molecule has 2 aromatic rings. The molecule has 5 heteroatoms. The van der Waals surface area contributed by atoms with Crippen molar-refractivity contribution in [2.45, 2.75) is 6.54 Å². The Kier molecular flexibility index (Phi) is 3.46. The van der Waals surface area contributed by atoms with E-state index in [-0.39, 0.29) is 5.82 Å². The van der Waals surface area contributed by atoms with E-state index in [4.69, 9.17) is 0 Å². The van der Waals surface area contributed by atoms with E-state index < -0.39 is 0 Å². The van der Waals surface area contributed by atoms with E-state index in [1.165, 1.54) is 12.3 Å². The van der Waals surface area contributed by atoms with Gasteiger partial charge >= 0.3 is 0 Å². The van der Waals surface area contributed by atoms with E-state index in [9.17, 15) is 4.39 Å². The Balaban J connectivity index is 1.99. The van der Waals surface area contributed by atoms with Crippen LogP contribution in [-0.4, -0.2) is 9.97 Å². The Labute approximate surface area is 101 Å². The fourth-order valence-electron chi connectivity index (χ4n) is 1.23. The van der Waals surface area contributed by atoms with Crippen LogP contribution < -0.4 is 5.32 Å². The summed E-state index contributed by atoms with van der Waals surface area (Å²) in [6.45, 7) is 0.499. The van der Waals surface area contributed by atoms with Crippen LogP contribution in [-0.2, 0) is 6.54 Å². The molecule has 0 aromatic carbocycles. The molecule has 82 valence electrons. The lowest BCUT2D eigenvalue weighted by Gasteiger charge is -2.05. The molecular formula is C11H9BrFN3. The molecule has 0 atom stereocenters. The van der Waals surface area contributed by atoms with Gasteiger partial charge in [-0.1, -0.05) is 0 Å². The number of anilines is 1. The molecule has 0 saturated heterocycles. The highest BCUT2D eigenvalue weighted by Crippen LogP contribution is 2.11. The van der Waals surface area contributed by atoms with E-state index in [0.29, 0.717) is 6.54 Å². The van der Waals surface area contributed by atoms with Gasteiger partial charge in [-0.2, -0.15) is 0 Å². The zero-order valence-corrected chi connectivity index (χ0v) is 9.91. The van der Waals surface area contributed by atoms with Crippen molar-refractivity contribution in [3.05, 3.63) is 52.6 Å². The molecule has 16 heavy (non-hydrogen) atoms. The molecule has 0 fully saturated rings. The number of halogens is 2. The monoisotopic (exact) mass is 281 g/mol. The summed E-state index contributed by atoms with van der Waals surface area (Å²) in [6, 6.07) is 5.18. The molecule has 0 saturated carbocycles. The van der Waals surface area contributed by atoms with E-state index in [1.54, 1.807) is 12.4 Å². The van der Waals surface area contributed by atoms with Crippen LogP contribution in [0.15, 0.2) is 41.3 Å². The van der Waals surface area contributed by atoms with Gasteiger partial charge in [0.2, 0.25) is 0 Å². The van der Waals surface area contributed by atoms with Gasteiger partial charge in [-0.3, -0.25) is 4.98 Å². The summed E-state index contributed by atoms with van der Waals surface area (Å²) in [5.41, 5.74) is 0.782. The number of nitrogens with one attached hydrogen (secondary N) is 1. The Morgan fingerprint density at radius 3 is 2.81 bits per heavy atom. The van der Waals surface area contributed by atoms with Crippen molar-refractivity contribution in [1.29, 1.82) is 0 Å². The van der Waals surface area contributed by atoms with Crippen molar-refractivity contribution in [2.24, 2.45) is 0 Å². The minimum Gasteiger partial charge on any atom is -0.366 e. The lowest BCUT2D eigenvalue weighted by atomic mass is 10.3. The van der Waals surface area contributed by atoms with E-state index in [2.05, 4.69) is 31.2 Å². The van der Waals surface area contributed by atoms with Crippen molar-refractivity contribution in [3.63, 3.8) is 0 Å². The summed E-state index contributed by atoms with van der Waals surface area (Å²) in [4.78, 5) is 7.91. The third-order valence-corrected chi connectivity index (χ3v) is 2.43. The molecule has 0 amide bonds. The van der Waals surface area contributed by atoms with Gasteiger partial charge in [0, 0.05) is 23.4 Å². The SMILES string of the molecule is Fc1cncc(CNc2ccc(Br)cn2)c1. The van der Waals surface area contributed by atoms with Gasteiger partial charge in [-0.05, 0) is 39.7 Å². The standard InChI is InChI=1S/C11H9BrFN3/c12-9-1-2-11(16-6-9)15-5-8-3-10(13)7-14-4-8/h1-4,6-7H,5H2,(H,15,16). The van der Waals surface area contributed by atoms with Crippen LogP contribution in [0.2, 0.25) is 0 Å². The van der Waals surface area contributed by atoms with Crippen LogP contribution in [0.25, 0.3) is 0 Å². The van der Waals surface area contributed by atoms with Crippen LogP contribution in [0.5, 0.6) is 0 Å². The molecule has 0 radical (unpaired) electrons. The highest BCUT2D eigenvalue weighted by Gasteiger charge is 1.97. The molecule has 2 heterocycles. The summed E-state index contributed by atoms with van der Waals surface area (Å²) in [5, 5.41) is 3.08. The van der Waals surface area contributed by atoms with Crippen molar-refractivity contribution in [1.82, 2.24) is 9.97 Å². The molecule has 1 N–H and O–H groups in total. The maximum absolute atomic E-state index is 12.8. The number of rotatable bonds is 3. The summed E-state index contributed by atoms with van der Waals surface area (Å²) < 4.78 is 13.8. The predicted octanol–water partition coefficient (Wildman–Crippen LogP) is 2.99. The topological polar surface area (TPSA) is 37.8 Å². The molecule has 2 rings (SSSR count). The molecule has 3 nitrogen and oxygen atoms in total. The van der Waals surface area contributed by atoms with Crippen LogP contribution in [0.4, 0.5) is 10.2 Å². The van der Waals surface area contributed by atoms with Gasteiger partial charge < -0.3 is 5.32 Å². The fraction of sp³-hybridized carbons (Fsp3) is 0.0909. The van der Waals surface area contributed by atoms with Crippen LogP contribution in [0, 0.1) is 5.82 Å². The highest BCUT2D eigenvalue weighted by molar-refractivity contribution is 9.10. The summed E-state index contributed by atoms with van der Waals surface area (Å²) in [7, 11) is 0. The quantitative estimate of drug-likeness (QED) is 0.940. The van der Waals surface area contributed by atoms with Gasteiger partial charge in [0.25, 0.3) is 0 Å². The fourth-order valence-corrected chi connectivity index (χ4v) is 1.46. The van der Waals surface area contributed by atoms with Gasteiger partial charge in [0.1, 0.15) is 11.6 Å². The first-order chi connectivity index (χ1) is 7.74. The van der Waals surface area contributed by atoms with Gasteiger partial charge in [0.05, 0.1) is 6.20 Å². The second-order valence-electron chi connectivity index (χ2n) is 3.23. The van der Waals surface area contributed by atoms with Crippen LogP contribution in [0.3, 0.4) is 0 Å². The van der Waals surface area contributed by atoms with E-state index in [1.807, 2.05) is 12.1 Å². The lowest BCUT2D eigenvalue weighted by Crippen LogP contribution is -2.01. The minimum absolute atomic E-state index is 0.330. The number of nitrogens with zero attached hydrogens (tertiary/aromatic N) is 2. The van der Waals surface area contributed by atoms with E-state index >= 15 is 0 Å². The van der Waals surface area contributed by atoms with Crippen molar-refractivity contribution < 1.29 is 4.39 Å². The van der Waals surface area contributed by atoms with Crippen molar-refractivity contribution in [3.8, 4) is 0 Å². The first-order valence-electron chi connectivity index (χ1n) is 4.69. The Bertz CT molecular complexity index is 473. The van der Waals surface area contributed by atoms with Crippen LogP contribution in [0.1, 0.15) is 5.56 Å². The molecule has 0 bridgehead atoms.